The molecule has 0 saturated heterocycles. The average Bonchev–Trinajstić information content (AvgIpc) is 3.29. The molecule has 0 bridgehead atoms. The Kier molecular flexibility index (Phi) is 8.55. The van der Waals surface area contributed by atoms with E-state index < -0.39 is 30.0 Å². The van der Waals surface area contributed by atoms with Gasteiger partial charge in [0, 0.05) is 5.69 Å². The van der Waals surface area contributed by atoms with Gasteiger partial charge >= 0.3 is 17.9 Å². The number of ether oxygens (including phenoxy) is 3. The number of rotatable bonds is 7. The van der Waals surface area contributed by atoms with Gasteiger partial charge in [-0.2, -0.15) is 0 Å². The Morgan fingerprint density at radius 3 is 2.00 bits per heavy atom. The Hall–Kier alpha value is -3.61. The van der Waals surface area contributed by atoms with Gasteiger partial charge in [0.2, 0.25) is 0 Å². The Morgan fingerprint density at radius 2 is 1.42 bits per heavy atom. The number of methoxy groups -OCH3 is 2. The molecule has 2 unspecified atom stereocenters. The third-order valence-corrected chi connectivity index (χ3v) is 7.83. The van der Waals surface area contributed by atoms with Gasteiger partial charge in [-0.1, -0.05) is 75.7 Å². The van der Waals surface area contributed by atoms with Crippen LogP contribution in [0.2, 0.25) is 0 Å². The van der Waals surface area contributed by atoms with Crippen molar-refractivity contribution in [1.82, 2.24) is 0 Å². The van der Waals surface area contributed by atoms with Crippen LogP contribution in [0.25, 0.3) is 0 Å². The molecule has 2 aromatic carbocycles. The van der Waals surface area contributed by atoms with Crippen molar-refractivity contribution in [2.24, 2.45) is 17.8 Å². The third kappa shape index (κ3) is 5.33. The lowest BCUT2D eigenvalue weighted by Crippen LogP contribution is -2.46. The highest BCUT2D eigenvalue weighted by Crippen LogP contribution is 2.46. The van der Waals surface area contributed by atoms with Crippen LogP contribution < -0.4 is 4.90 Å². The van der Waals surface area contributed by atoms with E-state index >= 15 is 0 Å². The molecule has 38 heavy (non-hydrogen) atoms. The maximum absolute atomic E-state index is 14.2. The Balaban J connectivity index is 1.88. The Morgan fingerprint density at radius 1 is 0.842 bits per heavy atom. The van der Waals surface area contributed by atoms with Gasteiger partial charge in [0.15, 0.2) is 6.04 Å². The minimum Gasteiger partial charge on any atom is -0.466 e. The van der Waals surface area contributed by atoms with Gasteiger partial charge in [-0.15, -0.1) is 0 Å². The molecule has 0 N–H and O–H groups in total. The number of anilines is 1. The molecular formula is C31H37NO6. The van der Waals surface area contributed by atoms with E-state index in [4.69, 9.17) is 14.2 Å². The summed E-state index contributed by atoms with van der Waals surface area (Å²) in [6, 6.07) is 16.6. The van der Waals surface area contributed by atoms with Gasteiger partial charge in [-0.05, 0) is 48.3 Å². The molecule has 7 heteroatoms. The summed E-state index contributed by atoms with van der Waals surface area (Å²) in [7, 11) is 2.51. The highest BCUT2D eigenvalue weighted by Gasteiger charge is 2.52. The fourth-order valence-corrected chi connectivity index (χ4v) is 5.94. The average molecular weight is 520 g/mol. The standard InChI is InChI=1S/C31H37NO6/c1-19(2)23-17-16-20(3)18-24(23)38-31(35)28-26(30(34)37-5)25(29(33)36-4)27(21-12-8-6-9-13-21)32(28)22-14-10-7-11-15-22/h6-15,19-20,23-24,27-28H,16-18H2,1-5H3/t20-,23+,24-,27?,28?/m1/s1. The monoisotopic (exact) mass is 519 g/mol. The molecule has 202 valence electrons. The zero-order valence-electron chi connectivity index (χ0n) is 22.8. The number of hydrogen-bond acceptors (Lipinski definition) is 7. The third-order valence-electron chi connectivity index (χ3n) is 7.83. The first-order valence-electron chi connectivity index (χ1n) is 13.3. The molecule has 7 nitrogen and oxygen atoms in total. The van der Waals surface area contributed by atoms with E-state index in [1.54, 1.807) is 4.90 Å². The highest BCUT2D eigenvalue weighted by molar-refractivity contribution is 6.10. The maximum atomic E-state index is 14.2. The van der Waals surface area contributed by atoms with Gasteiger partial charge in [0.05, 0.1) is 31.4 Å². The minimum atomic E-state index is -1.19. The van der Waals surface area contributed by atoms with Crippen LogP contribution in [0.5, 0.6) is 0 Å². The van der Waals surface area contributed by atoms with Crippen molar-refractivity contribution in [3.63, 3.8) is 0 Å². The number of hydrogen-bond donors (Lipinski definition) is 0. The van der Waals surface area contributed by atoms with Gasteiger partial charge in [-0.25, -0.2) is 14.4 Å². The molecule has 1 saturated carbocycles. The summed E-state index contributed by atoms with van der Waals surface area (Å²) < 4.78 is 16.6. The summed E-state index contributed by atoms with van der Waals surface area (Å²) in [6.07, 6.45) is 2.55. The summed E-state index contributed by atoms with van der Waals surface area (Å²) >= 11 is 0. The van der Waals surface area contributed by atoms with Crippen molar-refractivity contribution in [3.8, 4) is 0 Å². The molecule has 0 spiro atoms. The zero-order chi connectivity index (χ0) is 27.4. The lowest BCUT2D eigenvalue weighted by Gasteiger charge is -2.38. The first-order chi connectivity index (χ1) is 18.3. The zero-order valence-corrected chi connectivity index (χ0v) is 22.8. The van der Waals surface area contributed by atoms with Crippen molar-refractivity contribution in [2.75, 3.05) is 19.1 Å². The van der Waals surface area contributed by atoms with Crippen LogP contribution in [0.4, 0.5) is 5.69 Å². The number of esters is 3. The second-order valence-electron chi connectivity index (χ2n) is 10.6. The number of para-hydroxylation sites is 1. The van der Waals surface area contributed by atoms with Crippen LogP contribution >= 0.6 is 0 Å². The molecule has 1 fully saturated rings. The predicted octanol–water partition coefficient (Wildman–Crippen LogP) is 5.26. The summed E-state index contributed by atoms with van der Waals surface area (Å²) in [4.78, 5) is 42.6. The molecular weight excluding hydrogens is 482 g/mol. The molecule has 4 rings (SSSR count). The number of nitrogens with zero attached hydrogens (tertiary/aromatic N) is 1. The van der Waals surface area contributed by atoms with Crippen LogP contribution in [0.1, 0.15) is 51.6 Å². The molecule has 1 aliphatic heterocycles. The smallest absolute Gasteiger partial charge is 0.337 e. The van der Waals surface area contributed by atoms with Gasteiger partial charge < -0.3 is 19.1 Å². The molecule has 0 aromatic heterocycles. The van der Waals surface area contributed by atoms with Crippen LogP contribution in [0.3, 0.4) is 0 Å². The summed E-state index contributed by atoms with van der Waals surface area (Å²) in [5.41, 5.74) is 1.43. The first kappa shape index (κ1) is 27.4. The Labute approximate surface area is 224 Å². The number of carbonyl (C=O) groups is 3. The largest absolute Gasteiger partial charge is 0.466 e. The van der Waals surface area contributed by atoms with E-state index in [9.17, 15) is 14.4 Å². The molecule has 1 heterocycles. The molecule has 1 aliphatic carbocycles. The lowest BCUT2D eigenvalue weighted by atomic mass is 9.75. The van der Waals surface area contributed by atoms with Gasteiger partial charge in [0.1, 0.15) is 6.10 Å². The van der Waals surface area contributed by atoms with Gasteiger partial charge in [-0.3, -0.25) is 0 Å². The normalized spacial score (nSPS) is 25.3. The molecule has 0 amide bonds. The summed E-state index contributed by atoms with van der Waals surface area (Å²) in [5.74, 6) is -1.04. The van der Waals surface area contributed by atoms with E-state index in [-0.39, 0.29) is 23.2 Å². The molecule has 2 aliphatic rings. The van der Waals surface area contributed by atoms with Crippen molar-refractivity contribution in [1.29, 1.82) is 0 Å². The van der Waals surface area contributed by atoms with Crippen molar-refractivity contribution in [2.45, 2.75) is 58.2 Å². The number of carbonyl (C=O) groups excluding carboxylic acids is 3. The number of benzene rings is 2. The van der Waals surface area contributed by atoms with E-state index in [2.05, 4.69) is 20.8 Å². The van der Waals surface area contributed by atoms with E-state index in [0.29, 0.717) is 17.5 Å². The minimum absolute atomic E-state index is 0.0491. The Bertz CT molecular complexity index is 1180. The maximum Gasteiger partial charge on any atom is 0.337 e. The van der Waals surface area contributed by atoms with Crippen LogP contribution in [-0.2, 0) is 28.6 Å². The highest BCUT2D eigenvalue weighted by atomic mass is 16.6. The topological polar surface area (TPSA) is 82.1 Å². The van der Waals surface area contributed by atoms with Gasteiger partial charge in [0.25, 0.3) is 0 Å². The lowest BCUT2D eigenvalue weighted by molar-refractivity contribution is -0.157. The second kappa shape index (κ2) is 11.8. The quantitative estimate of drug-likeness (QED) is 0.364. The molecule has 2 aromatic rings. The summed E-state index contributed by atoms with van der Waals surface area (Å²) in [5, 5.41) is 0. The second-order valence-corrected chi connectivity index (χ2v) is 10.6. The summed E-state index contributed by atoms with van der Waals surface area (Å²) in [6.45, 7) is 6.46. The first-order valence-corrected chi connectivity index (χ1v) is 13.3. The molecule has 5 atom stereocenters. The van der Waals surface area contributed by atoms with Crippen LogP contribution in [0, 0.1) is 17.8 Å². The van der Waals surface area contributed by atoms with E-state index in [1.165, 1.54) is 14.2 Å². The van der Waals surface area contributed by atoms with E-state index in [0.717, 1.165) is 24.8 Å². The molecule has 0 radical (unpaired) electrons. The van der Waals surface area contributed by atoms with Crippen molar-refractivity contribution >= 4 is 23.6 Å². The van der Waals surface area contributed by atoms with Crippen LogP contribution in [-0.4, -0.2) is 44.3 Å². The van der Waals surface area contributed by atoms with Crippen LogP contribution in [0.15, 0.2) is 71.8 Å². The predicted molar refractivity (Wildman–Crippen MR) is 144 cm³/mol. The van der Waals surface area contributed by atoms with E-state index in [1.807, 2.05) is 60.7 Å². The SMILES string of the molecule is COC(=O)C1=C(C(=O)OC)C(c2ccccc2)N(c2ccccc2)C1C(=O)O[C@@H]1C[C@H](C)CC[C@H]1C(C)C. The van der Waals surface area contributed by atoms with Crippen molar-refractivity contribution in [3.05, 3.63) is 77.4 Å². The fraction of sp³-hybridized carbons (Fsp3) is 0.452. The van der Waals surface area contributed by atoms with Crippen molar-refractivity contribution < 1.29 is 28.6 Å². The fourth-order valence-electron chi connectivity index (χ4n) is 5.94.